The van der Waals surface area contributed by atoms with E-state index in [0.717, 1.165) is 31.9 Å². The Kier molecular flexibility index (Phi) is 6.08. The van der Waals surface area contributed by atoms with Crippen LogP contribution >= 0.6 is 0 Å². The van der Waals surface area contributed by atoms with Crippen molar-refractivity contribution in [2.75, 3.05) is 26.2 Å². The van der Waals surface area contributed by atoms with Gasteiger partial charge < -0.3 is 15.0 Å². The minimum absolute atomic E-state index is 0.0622. The molecule has 1 aliphatic rings. The number of nitrogens with zero attached hydrogens (tertiary/aromatic N) is 7. The van der Waals surface area contributed by atoms with Crippen LogP contribution < -0.4 is 0 Å². The summed E-state index contributed by atoms with van der Waals surface area (Å²) >= 11 is 0. The van der Waals surface area contributed by atoms with Crippen LogP contribution in [0.5, 0.6) is 0 Å². The molecule has 152 valence electrons. The third kappa shape index (κ3) is 4.56. The molecule has 0 bridgehead atoms. The van der Waals surface area contributed by atoms with E-state index in [1.807, 2.05) is 16.5 Å². The summed E-state index contributed by atoms with van der Waals surface area (Å²) in [4.78, 5) is 27.0. The number of amides is 1. The largest absolute Gasteiger partial charge is 0.390 e. The van der Waals surface area contributed by atoms with Crippen LogP contribution in [0, 0.1) is 24.0 Å². The Morgan fingerprint density at radius 1 is 1.21 bits per heavy atom. The maximum Gasteiger partial charge on any atom is 0.390 e. The van der Waals surface area contributed by atoms with Gasteiger partial charge in [0.05, 0.1) is 29.1 Å². The Bertz CT molecular complexity index is 849. The molecule has 0 radical (unpaired) electrons. The second-order valence-electron chi connectivity index (χ2n) is 7.13. The lowest BCUT2D eigenvalue weighted by atomic mass is 10.2. The Hall–Kier alpha value is -2.75. The first-order valence-corrected chi connectivity index (χ1v) is 9.59. The summed E-state index contributed by atoms with van der Waals surface area (Å²) in [6, 6.07) is 1.42. The first-order chi connectivity index (χ1) is 13.4. The van der Waals surface area contributed by atoms with Crippen molar-refractivity contribution in [1.82, 2.24) is 29.4 Å². The first kappa shape index (κ1) is 20.0. The number of rotatable bonds is 7. The summed E-state index contributed by atoms with van der Waals surface area (Å²) in [5.41, 5.74) is 2.98. The smallest absolute Gasteiger partial charge is 0.358 e. The first-order valence-electron chi connectivity index (χ1n) is 9.59. The number of hydrogen-bond donors (Lipinski definition) is 0. The van der Waals surface area contributed by atoms with E-state index >= 15 is 0 Å². The second kappa shape index (κ2) is 8.51. The van der Waals surface area contributed by atoms with Gasteiger partial charge in [-0.05, 0) is 25.7 Å². The van der Waals surface area contributed by atoms with Crippen LogP contribution in [0.15, 0.2) is 12.3 Å². The van der Waals surface area contributed by atoms with E-state index in [2.05, 4.69) is 28.2 Å². The molecule has 0 N–H and O–H groups in total. The second-order valence-corrected chi connectivity index (χ2v) is 7.13. The fourth-order valence-corrected chi connectivity index (χ4v) is 3.44. The van der Waals surface area contributed by atoms with Crippen molar-refractivity contribution in [2.45, 2.75) is 46.8 Å². The van der Waals surface area contributed by atoms with E-state index in [9.17, 15) is 14.9 Å². The van der Waals surface area contributed by atoms with Gasteiger partial charge in [-0.2, -0.15) is 9.78 Å². The molecule has 0 saturated carbocycles. The number of nitro groups is 1. The van der Waals surface area contributed by atoms with Gasteiger partial charge in [-0.1, -0.05) is 0 Å². The van der Waals surface area contributed by atoms with E-state index in [0.29, 0.717) is 31.7 Å². The Labute approximate surface area is 163 Å². The highest BCUT2D eigenvalue weighted by molar-refractivity contribution is 5.76. The van der Waals surface area contributed by atoms with Crippen LogP contribution in [-0.2, 0) is 24.4 Å². The molecule has 3 heterocycles. The molecule has 0 aliphatic carbocycles. The zero-order valence-corrected chi connectivity index (χ0v) is 16.7. The molecular weight excluding hydrogens is 362 g/mol. The summed E-state index contributed by atoms with van der Waals surface area (Å²) in [7, 11) is 0. The van der Waals surface area contributed by atoms with Gasteiger partial charge in [0, 0.05) is 57.4 Å². The predicted molar refractivity (Wildman–Crippen MR) is 103 cm³/mol. The molecule has 28 heavy (non-hydrogen) atoms. The lowest BCUT2D eigenvalue weighted by Gasteiger charge is -2.34. The van der Waals surface area contributed by atoms with E-state index in [1.54, 1.807) is 6.92 Å². The van der Waals surface area contributed by atoms with Gasteiger partial charge >= 0.3 is 5.82 Å². The van der Waals surface area contributed by atoms with E-state index in [4.69, 9.17) is 0 Å². The van der Waals surface area contributed by atoms with Crippen LogP contribution in [0.1, 0.15) is 30.3 Å². The summed E-state index contributed by atoms with van der Waals surface area (Å²) in [5.74, 6) is -0.118. The lowest BCUT2D eigenvalue weighted by Crippen LogP contribution is -2.48. The lowest BCUT2D eigenvalue weighted by molar-refractivity contribution is -0.389. The topological polar surface area (TPSA) is 102 Å². The molecule has 10 heteroatoms. The Morgan fingerprint density at radius 3 is 2.50 bits per heavy atom. The van der Waals surface area contributed by atoms with Crippen LogP contribution in [-0.4, -0.2) is 66.4 Å². The summed E-state index contributed by atoms with van der Waals surface area (Å²) in [6.45, 7) is 11.0. The van der Waals surface area contributed by atoms with Crippen LogP contribution in [0.3, 0.4) is 0 Å². The normalized spacial score (nSPS) is 15.2. The number of piperazine rings is 1. The molecular formula is C18H27N7O3. The monoisotopic (exact) mass is 389 g/mol. The fourth-order valence-electron chi connectivity index (χ4n) is 3.44. The van der Waals surface area contributed by atoms with E-state index < -0.39 is 4.92 Å². The molecule has 0 unspecified atom stereocenters. The fraction of sp³-hybridized carbons (Fsp3) is 0.611. The third-order valence-corrected chi connectivity index (χ3v) is 5.18. The minimum atomic E-state index is -0.517. The summed E-state index contributed by atoms with van der Waals surface area (Å²) < 4.78 is 3.48. The van der Waals surface area contributed by atoms with Gasteiger partial charge in [0.1, 0.15) is 0 Å². The zero-order valence-electron chi connectivity index (χ0n) is 16.7. The predicted octanol–water partition coefficient (Wildman–Crippen LogP) is 1.36. The molecule has 0 spiro atoms. The van der Waals surface area contributed by atoms with Gasteiger partial charge in [-0.15, -0.1) is 0 Å². The number of aromatic nitrogens is 4. The molecule has 0 atom stereocenters. The highest BCUT2D eigenvalue weighted by atomic mass is 16.6. The molecule has 3 rings (SSSR count). The Balaban J connectivity index is 1.47. The molecule has 1 fully saturated rings. The SMILES string of the molecule is CCn1cc(CN2CCN(C(=O)CCn3nc([N+](=O)[O-])cc3C)CC2)c(C)n1. The summed E-state index contributed by atoms with van der Waals surface area (Å²) in [6.07, 6.45) is 2.39. The van der Waals surface area contributed by atoms with Gasteiger partial charge in [0.25, 0.3) is 0 Å². The van der Waals surface area contributed by atoms with E-state index in [-0.39, 0.29) is 11.7 Å². The highest BCUT2D eigenvalue weighted by Crippen LogP contribution is 2.14. The maximum atomic E-state index is 12.5. The van der Waals surface area contributed by atoms with Gasteiger partial charge in [0.2, 0.25) is 5.91 Å². The third-order valence-electron chi connectivity index (χ3n) is 5.18. The average Bonchev–Trinajstić information content (AvgIpc) is 3.23. The van der Waals surface area contributed by atoms with Crippen LogP contribution in [0.2, 0.25) is 0 Å². The number of carbonyl (C=O) groups excluding carboxylic acids is 1. The number of carbonyl (C=O) groups is 1. The van der Waals surface area contributed by atoms with E-state index in [1.165, 1.54) is 16.3 Å². The molecule has 1 saturated heterocycles. The van der Waals surface area contributed by atoms with Crippen molar-refractivity contribution >= 4 is 11.7 Å². The van der Waals surface area contributed by atoms with Crippen molar-refractivity contribution < 1.29 is 9.72 Å². The molecule has 1 aliphatic heterocycles. The molecule has 0 aromatic carbocycles. The van der Waals surface area contributed by atoms with Crippen molar-refractivity contribution in [3.8, 4) is 0 Å². The Morgan fingerprint density at radius 2 is 1.93 bits per heavy atom. The van der Waals surface area contributed by atoms with Crippen molar-refractivity contribution in [2.24, 2.45) is 0 Å². The molecule has 10 nitrogen and oxygen atoms in total. The van der Waals surface area contributed by atoms with Gasteiger partial charge in [-0.25, -0.2) is 0 Å². The molecule has 2 aromatic rings. The quantitative estimate of drug-likeness (QED) is 0.523. The van der Waals surface area contributed by atoms with Gasteiger partial charge in [-0.3, -0.25) is 14.4 Å². The molecule has 1 amide bonds. The number of aryl methyl sites for hydroxylation is 4. The van der Waals surface area contributed by atoms with Crippen LogP contribution in [0.25, 0.3) is 0 Å². The number of hydrogen-bond acceptors (Lipinski definition) is 6. The maximum absolute atomic E-state index is 12.5. The minimum Gasteiger partial charge on any atom is -0.358 e. The van der Waals surface area contributed by atoms with Crippen molar-refractivity contribution in [1.29, 1.82) is 0 Å². The zero-order chi connectivity index (χ0) is 20.3. The average molecular weight is 389 g/mol. The highest BCUT2D eigenvalue weighted by Gasteiger charge is 2.23. The van der Waals surface area contributed by atoms with Crippen LogP contribution in [0.4, 0.5) is 5.82 Å². The summed E-state index contributed by atoms with van der Waals surface area (Å²) in [5, 5.41) is 19.2. The van der Waals surface area contributed by atoms with Gasteiger partial charge in [0.15, 0.2) is 0 Å². The standard InChI is InChI=1S/C18H27N7O3/c1-4-23-13-16(15(3)19-23)12-21-7-9-22(10-8-21)18(26)5-6-24-14(2)11-17(20-24)25(27)28/h11,13H,4-10,12H2,1-3H3. The van der Waals surface area contributed by atoms with Crippen molar-refractivity contribution in [3.05, 3.63) is 39.3 Å². The van der Waals surface area contributed by atoms with Crippen molar-refractivity contribution in [3.63, 3.8) is 0 Å². The molecule has 2 aromatic heterocycles.